The van der Waals surface area contributed by atoms with Crippen molar-refractivity contribution in [1.29, 1.82) is 0 Å². The smallest absolute Gasteiger partial charge is 0.411 e. The molecule has 0 aliphatic carbocycles. The van der Waals surface area contributed by atoms with Gasteiger partial charge in [-0.15, -0.1) is 0 Å². The van der Waals surface area contributed by atoms with Gasteiger partial charge in [-0.1, -0.05) is 115 Å². The molecule has 0 unspecified atom stereocenters. The van der Waals surface area contributed by atoms with E-state index < -0.39 is 6.09 Å². The molecule has 0 radical (unpaired) electrons. The number of anilines is 1. The van der Waals surface area contributed by atoms with Gasteiger partial charge in [0, 0.05) is 62.5 Å². The first-order chi connectivity index (χ1) is 29.4. The Hall–Kier alpha value is -6.75. The van der Waals surface area contributed by atoms with Crippen LogP contribution in [0.25, 0.3) is 33.4 Å². The van der Waals surface area contributed by atoms with Crippen LogP contribution in [-0.4, -0.2) is 75.3 Å². The zero-order chi connectivity index (χ0) is 41.5. The largest absolute Gasteiger partial charge is 0.497 e. The molecule has 4 N–H and O–H groups in total. The number of amides is 3. The molecular formula is C50H51N5O5. The van der Waals surface area contributed by atoms with E-state index in [1.54, 1.807) is 31.4 Å². The fourth-order valence-corrected chi connectivity index (χ4v) is 7.49. The summed E-state index contributed by atoms with van der Waals surface area (Å²) in [7, 11) is 1.64. The van der Waals surface area contributed by atoms with E-state index in [4.69, 9.17) is 9.47 Å². The van der Waals surface area contributed by atoms with Crippen molar-refractivity contribution in [1.82, 2.24) is 20.9 Å². The molecule has 1 fully saturated rings. The minimum atomic E-state index is -0.485. The summed E-state index contributed by atoms with van der Waals surface area (Å²) in [5.41, 5.74) is 8.82. The number of likely N-dealkylation sites (tertiary alicyclic amines) is 1. The van der Waals surface area contributed by atoms with Gasteiger partial charge in [-0.25, -0.2) is 4.79 Å². The number of hydrogen-bond acceptors (Lipinski definition) is 7. The van der Waals surface area contributed by atoms with Crippen molar-refractivity contribution in [3.63, 3.8) is 0 Å². The van der Waals surface area contributed by atoms with Gasteiger partial charge in [-0.3, -0.25) is 14.9 Å². The molecule has 6 aromatic carbocycles. The second-order valence-electron chi connectivity index (χ2n) is 14.7. The lowest BCUT2D eigenvalue weighted by molar-refractivity contribution is 0.0587. The molecule has 3 amide bonds. The maximum absolute atomic E-state index is 13.5. The van der Waals surface area contributed by atoms with Crippen molar-refractivity contribution in [3.05, 3.63) is 168 Å². The summed E-state index contributed by atoms with van der Waals surface area (Å²) >= 11 is 0. The first-order valence-corrected chi connectivity index (χ1v) is 20.5. The number of ether oxygens (including phenoxy) is 2. The van der Waals surface area contributed by atoms with Crippen LogP contribution in [0.4, 0.5) is 10.5 Å². The number of carbonyl (C=O) groups excluding carboxylic acids is 3. The van der Waals surface area contributed by atoms with E-state index in [9.17, 15) is 14.4 Å². The molecule has 0 saturated carbocycles. The van der Waals surface area contributed by atoms with Gasteiger partial charge in [0.25, 0.3) is 11.8 Å². The van der Waals surface area contributed by atoms with E-state index >= 15 is 0 Å². The van der Waals surface area contributed by atoms with Crippen LogP contribution in [0.1, 0.15) is 39.1 Å². The second kappa shape index (κ2) is 20.8. The van der Waals surface area contributed by atoms with Gasteiger partial charge in [0.2, 0.25) is 0 Å². The molecule has 0 atom stereocenters. The zero-order valence-electron chi connectivity index (χ0n) is 33.9. The first-order valence-electron chi connectivity index (χ1n) is 20.5. The number of hydrogen-bond donors (Lipinski definition) is 4. The summed E-state index contributed by atoms with van der Waals surface area (Å²) in [5, 5.41) is 12.3. The molecule has 0 spiro atoms. The Morgan fingerprint density at radius 2 is 1.20 bits per heavy atom. The van der Waals surface area contributed by atoms with Gasteiger partial charge in [-0.2, -0.15) is 0 Å². The van der Waals surface area contributed by atoms with Crippen LogP contribution in [0, 0.1) is 0 Å². The minimum Gasteiger partial charge on any atom is -0.497 e. The number of rotatable bonds is 16. The lowest BCUT2D eigenvalue weighted by Gasteiger charge is -2.31. The molecular weight excluding hydrogens is 751 g/mol. The van der Waals surface area contributed by atoms with Gasteiger partial charge in [0.05, 0.1) is 12.8 Å². The van der Waals surface area contributed by atoms with E-state index in [1.165, 1.54) is 0 Å². The molecule has 1 heterocycles. The average molecular weight is 802 g/mol. The first kappa shape index (κ1) is 41.4. The summed E-state index contributed by atoms with van der Waals surface area (Å²) in [5.74, 6) is 0.346. The quantitative estimate of drug-likeness (QED) is 0.0724. The molecule has 1 aliphatic rings. The SMILES string of the molecule is COc1ccc(CNCCNC(=O)c2cccc(C(=O)NCCN3CCC(OC(=O)Nc4cccc(-c5ccccc5)c4-c4ccccc4-c4ccccc4)CC3)c2)cc1. The summed E-state index contributed by atoms with van der Waals surface area (Å²) in [4.78, 5) is 41.6. The average Bonchev–Trinajstić information content (AvgIpc) is 3.30. The highest BCUT2D eigenvalue weighted by molar-refractivity contribution is 6.02. The molecule has 60 heavy (non-hydrogen) atoms. The highest BCUT2D eigenvalue weighted by Gasteiger charge is 2.24. The van der Waals surface area contributed by atoms with E-state index in [0.717, 1.165) is 57.8 Å². The van der Waals surface area contributed by atoms with Crippen LogP contribution in [0.5, 0.6) is 5.75 Å². The van der Waals surface area contributed by atoms with E-state index in [2.05, 4.69) is 68.6 Å². The maximum Gasteiger partial charge on any atom is 0.411 e. The molecule has 10 nitrogen and oxygen atoms in total. The number of benzene rings is 6. The number of piperidine rings is 1. The van der Waals surface area contributed by atoms with Crippen molar-refractivity contribution < 1.29 is 23.9 Å². The van der Waals surface area contributed by atoms with Crippen LogP contribution >= 0.6 is 0 Å². The lowest BCUT2D eigenvalue weighted by Crippen LogP contribution is -2.42. The van der Waals surface area contributed by atoms with Crippen LogP contribution in [0.3, 0.4) is 0 Å². The predicted octanol–water partition coefficient (Wildman–Crippen LogP) is 8.66. The normalized spacial score (nSPS) is 12.9. The monoisotopic (exact) mass is 801 g/mol. The lowest BCUT2D eigenvalue weighted by atomic mass is 9.88. The van der Waals surface area contributed by atoms with Crippen molar-refractivity contribution in [2.24, 2.45) is 0 Å². The minimum absolute atomic E-state index is 0.230. The van der Waals surface area contributed by atoms with E-state index in [1.807, 2.05) is 84.9 Å². The van der Waals surface area contributed by atoms with Gasteiger partial charge >= 0.3 is 6.09 Å². The van der Waals surface area contributed by atoms with Crippen LogP contribution < -0.4 is 26.0 Å². The maximum atomic E-state index is 13.5. The van der Waals surface area contributed by atoms with Crippen molar-refractivity contribution in [2.45, 2.75) is 25.5 Å². The molecule has 10 heteroatoms. The molecule has 1 saturated heterocycles. The Labute approximate surface area is 351 Å². The highest BCUT2D eigenvalue weighted by Crippen LogP contribution is 2.42. The van der Waals surface area contributed by atoms with Crippen LogP contribution in [0.2, 0.25) is 0 Å². The fourth-order valence-electron chi connectivity index (χ4n) is 7.49. The highest BCUT2D eigenvalue weighted by atomic mass is 16.6. The van der Waals surface area contributed by atoms with Crippen molar-refractivity contribution in [2.75, 3.05) is 51.7 Å². The molecule has 306 valence electrons. The van der Waals surface area contributed by atoms with E-state index in [-0.39, 0.29) is 17.9 Å². The Bertz CT molecular complexity index is 2350. The summed E-state index contributed by atoms with van der Waals surface area (Å²) in [6.45, 7) is 4.30. The van der Waals surface area contributed by atoms with Crippen LogP contribution in [-0.2, 0) is 11.3 Å². The Kier molecular flexibility index (Phi) is 14.3. The Balaban J connectivity index is 0.873. The predicted molar refractivity (Wildman–Crippen MR) is 238 cm³/mol. The summed E-state index contributed by atoms with van der Waals surface area (Å²) in [6, 6.07) is 49.3. The molecule has 6 aromatic rings. The molecule has 0 bridgehead atoms. The van der Waals surface area contributed by atoms with Crippen molar-refractivity contribution >= 4 is 23.6 Å². The number of nitrogens with zero attached hydrogens (tertiary/aromatic N) is 1. The van der Waals surface area contributed by atoms with Gasteiger partial charge in [0.15, 0.2) is 0 Å². The summed E-state index contributed by atoms with van der Waals surface area (Å²) in [6.07, 6.45) is 0.653. The Morgan fingerprint density at radius 3 is 1.87 bits per heavy atom. The van der Waals surface area contributed by atoms with E-state index in [0.29, 0.717) is 62.4 Å². The number of carbonyl (C=O) groups is 3. The molecule has 0 aromatic heterocycles. The number of nitrogens with one attached hydrogen (secondary N) is 4. The van der Waals surface area contributed by atoms with Gasteiger partial charge in [-0.05, 0) is 82.6 Å². The topological polar surface area (TPSA) is 121 Å². The van der Waals surface area contributed by atoms with Crippen LogP contribution in [0.15, 0.2) is 152 Å². The molecule has 1 aliphatic heterocycles. The second-order valence-corrected chi connectivity index (χ2v) is 14.7. The number of methoxy groups -OCH3 is 1. The Morgan fingerprint density at radius 1 is 0.617 bits per heavy atom. The third-order valence-electron chi connectivity index (χ3n) is 10.7. The fraction of sp³-hybridized carbons (Fsp3) is 0.220. The van der Waals surface area contributed by atoms with Gasteiger partial charge < -0.3 is 30.3 Å². The molecule has 7 rings (SSSR count). The third-order valence-corrected chi connectivity index (χ3v) is 10.7. The van der Waals surface area contributed by atoms with Gasteiger partial charge in [0.1, 0.15) is 11.9 Å². The van der Waals surface area contributed by atoms with Crippen molar-refractivity contribution in [3.8, 4) is 39.1 Å². The standard InChI is InChI=1S/C50H51N5O5/c1-59-41-24-22-36(23-25-41)35-51-28-29-52-48(56)39-16-10-17-40(34-39)49(57)53-30-33-55-31-26-42(27-32-55)60-50(58)54-46-21-11-20-44(38-14-6-3-7-15-38)47(46)45-19-9-8-18-43(45)37-12-4-2-5-13-37/h2-25,34,42,51H,26-33,35H2,1H3,(H,52,56)(H,53,57)(H,54,58). The third kappa shape index (κ3) is 11.0. The zero-order valence-corrected chi connectivity index (χ0v) is 33.9. The summed E-state index contributed by atoms with van der Waals surface area (Å²) < 4.78 is 11.2.